The average Bonchev–Trinajstić information content (AvgIpc) is 3.11. The van der Waals surface area contributed by atoms with Crippen molar-refractivity contribution in [1.29, 1.82) is 0 Å². The van der Waals surface area contributed by atoms with Gasteiger partial charge in [0.15, 0.2) is 17.3 Å². The molecule has 172 valence electrons. The molecule has 2 atom stereocenters. The molecule has 1 fully saturated rings. The van der Waals surface area contributed by atoms with Crippen molar-refractivity contribution in [3.05, 3.63) is 63.7 Å². The first-order chi connectivity index (χ1) is 15.6. The number of hydrogen-bond donors (Lipinski definition) is 2. The number of nitrogens with two attached hydrogens (primary N) is 1. The summed E-state index contributed by atoms with van der Waals surface area (Å²) in [7, 11) is 1.37. The van der Waals surface area contributed by atoms with Crippen LogP contribution in [0.1, 0.15) is 34.6 Å². The number of Topliss-reactive ketones (excluding diaryl/α,β-unsaturated/α-hetero) is 1. The number of hydrogen-bond acceptors (Lipinski definition) is 6. The van der Waals surface area contributed by atoms with Gasteiger partial charge in [-0.1, -0.05) is 6.92 Å². The highest BCUT2D eigenvalue weighted by molar-refractivity contribution is 5.98. The summed E-state index contributed by atoms with van der Waals surface area (Å²) < 4.78 is 22.5. The summed E-state index contributed by atoms with van der Waals surface area (Å²) >= 11 is 0. The van der Waals surface area contributed by atoms with Gasteiger partial charge in [-0.15, -0.1) is 0 Å². The van der Waals surface area contributed by atoms with Gasteiger partial charge in [-0.2, -0.15) is 0 Å². The number of benzene rings is 2. The molecule has 0 spiro atoms. The van der Waals surface area contributed by atoms with E-state index in [2.05, 4.69) is 0 Å². The zero-order valence-electron chi connectivity index (χ0n) is 18.5. The van der Waals surface area contributed by atoms with E-state index in [1.807, 2.05) is 6.92 Å². The molecule has 2 heterocycles. The maximum Gasteiger partial charge on any atom is 0.341 e. The molecule has 3 aromatic rings. The van der Waals surface area contributed by atoms with Crippen molar-refractivity contribution in [2.24, 2.45) is 11.7 Å². The van der Waals surface area contributed by atoms with Crippen molar-refractivity contribution >= 4 is 28.3 Å². The second-order valence-corrected chi connectivity index (χ2v) is 8.33. The molecule has 0 unspecified atom stereocenters. The molecular weight excluding hydrogens is 429 g/mol. The van der Waals surface area contributed by atoms with Gasteiger partial charge in [0.1, 0.15) is 16.8 Å². The van der Waals surface area contributed by atoms with Crippen molar-refractivity contribution in [2.75, 3.05) is 25.1 Å². The largest absolute Gasteiger partial charge is 0.492 e. The summed E-state index contributed by atoms with van der Waals surface area (Å²) in [5.41, 5.74) is 6.17. The third kappa shape index (κ3) is 3.74. The number of aromatic carboxylic acids is 1. The average molecular weight is 453 g/mol. The number of pyridine rings is 1. The summed E-state index contributed by atoms with van der Waals surface area (Å²) in [4.78, 5) is 38.2. The van der Waals surface area contributed by atoms with E-state index < -0.39 is 22.8 Å². The van der Waals surface area contributed by atoms with Gasteiger partial charge in [0.05, 0.1) is 12.5 Å². The molecule has 9 heteroatoms. The Morgan fingerprint density at radius 2 is 1.88 bits per heavy atom. The molecule has 0 aliphatic carbocycles. The highest BCUT2D eigenvalue weighted by Crippen LogP contribution is 2.40. The SMILES string of the molecule is COc1c(N2C[C@@H](C)[C@H](N)C2)c(F)cc2c(=O)c(C(=O)O)cn(-c3ccc(C(C)=O)cc3)c12. The Hall–Kier alpha value is -3.72. The molecule has 0 amide bonds. The molecule has 1 aliphatic heterocycles. The van der Waals surface area contributed by atoms with Crippen LogP contribution in [-0.2, 0) is 0 Å². The highest BCUT2D eigenvalue weighted by atomic mass is 19.1. The van der Waals surface area contributed by atoms with E-state index in [1.165, 1.54) is 24.8 Å². The lowest BCUT2D eigenvalue weighted by atomic mass is 10.1. The molecule has 1 saturated heterocycles. The molecule has 1 aliphatic rings. The first-order valence-electron chi connectivity index (χ1n) is 10.4. The Morgan fingerprint density at radius 1 is 1.21 bits per heavy atom. The van der Waals surface area contributed by atoms with Crippen molar-refractivity contribution in [3.63, 3.8) is 0 Å². The number of nitrogens with zero attached hydrogens (tertiary/aromatic N) is 2. The lowest BCUT2D eigenvalue weighted by molar-refractivity contribution is 0.0694. The number of carboxylic acids is 1. The number of ketones is 1. The van der Waals surface area contributed by atoms with E-state index in [0.717, 1.165) is 6.07 Å². The van der Waals surface area contributed by atoms with Crippen molar-refractivity contribution in [2.45, 2.75) is 19.9 Å². The molecule has 4 rings (SSSR count). The quantitative estimate of drug-likeness (QED) is 0.571. The number of methoxy groups -OCH3 is 1. The fourth-order valence-electron chi connectivity index (χ4n) is 4.29. The minimum absolute atomic E-state index is 0.107. The lowest BCUT2D eigenvalue weighted by Crippen LogP contribution is -2.29. The van der Waals surface area contributed by atoms with Gasteiger partial charge in [0.25, 0.3) is 0 Å². The molecule has 8 nitrogen and oxygen atoms in total. The third-order valence-electron chi connectivity index (χ3n) is 6.14. The summed E-state index contributed by atoms with van der Waals surface area (Å²) in [5, 5.41) is 9.46. The van der Waals surface area contributed by atoms with Gasteiger partial charge in [-0.05, 0) is 43.2 Å². The van der Waals surface area contributed by atoms with Gasteiger partial charge in [-0.25, -0.2) is 9.18 Å². The van der Waals surface area contributed by atoms with Crippen LogP contribution in [0.25, 0.3) is 16.6 Å². The fraction of sp³-hybridized carbons (Fsp3) is 0.292. The molecule has 0 saturated carbocycles. The van der Waals surface area contributed by atoms with Crippen LogP contribution in [0.2, 0.25) is 0 Å². The van der Waals surface area contributed by atoms with E-state index in [0.29, 0.717) is 24.3 Å². The van der Waals surface area contributed by atoms with Crippen LogP contribution in [0.4, 0.5) is 10.1 Å². The van der Waals surface area contributed by atoms with Crippen molar-refractivity contribution in [1.82, 2.24) is 4.57 Å². The lowest BCUT2D eigenvalue weighted by Gasteiger charge is -2.24. The Balaban J connectivity index is 2.08. The fourth-order valence-corrected chi connectivity index (χ4v) is 4.29. The third-order valence-corrected chi connectivity index (χ3v) is 6.14. The second kappa shape index (κ2) is 8.32. The van der Waals surface area contributed by atoms with Crippen LogP contribution in [0.3, 0.4) is 0 Å². The van der Waals surface area contributed by atoms with Crippen molar-refractivity contribution < 1.29 is 23.8 Å². The predicted molar refractivity (Wildman–Crippen MR) is 122 cm³/mol. The van der Waals surface area contributed by atoms with Gasteiger partial charge in [-0.3, -0.25) is 9.59 Å². The van der Waals surface area contributed by atoms with Gasteiger partial charge in [0, 0.05) is 36.6 Å². The van der Waals surface area contributed by atoms with Gasteiger partial charge in [0.2, 0.25) is 5.43 Å². The van der Waals surface area contributed by atoms with E-state index in [1.54, 1.807) is 29.2 Å². The minimum atomic E-state index is -1.43. The first kappa shape index (κ1) is 22.5. The van der Waals surface area contributed by atoms with Crippen LogP contribution < -0.4 is 20.8 Å². The van der Waals surface area contributed by atoms with Crippen LogP contribution >= 0.6 is 0 Å². The monoisotopic (exact) mass is 453 g/mol. The second-order valence-electron chi connectivity index (χ2n) is 8.33. The standard InChI is InChI=1S/C24H24FN3O5/c1-12-9-27(11-19(12)26)21-18(25)8-16-20(23(21)33-3)28(10-17(22(16)30)24(31)32)15-6-4-14(5-7-15)13(2)29/h4-8,10,12,19H,9,11,26H2,1-3H3,(H,31,32)/t12-,19-/m1/s1. The zero-order valence-corrected chi connectivity index (χ0v) is 18.5. The highest BCUT2D eigenvalue weighted by Gasteiger charge is 2.32. The summed E-state index contributed by atoms with van der Waals surface area (Å²) in [5.74, 6) is -2.02. The Kier molecular flexibility index (Phi) is 5.67. The maximum atomic E-state index is 15.4. The minimum Gasteiger partial charge on any atom is -0.492 e. The first-order valence-corrected chi connectivity index (χ1v) is 10.4. The number of carbonyl (C=O) groups excluding carboxylic acids is 1. The Morgan fingerprint density at radius 3 is 2.39 bits per heavy atom. The molecule has 2 aromatic carbocycles. The molecule has 3 N–H and O–H groups in total. The van der Waals surface area contributed by atoms with Crippen molar-refractivity contribution in [3.8, 4) is 11.4 Å². The van der Waals surface area contributed by atoms with E-state index >= 15 is 4.39 Å². The number of carboxylic acid groups (broad SMARTS) is 1. The Bertz CT molecular complexity index is 1320. The van der Waals surface area contributed by atoms with Gasteiger partial charge >= 0.3 is 5.97 Å². The normalized spacial score (nSPS) is 18.0. The predicted octanol–water partition coefficient (Wildman–Crippen LogP) is 2.82. The molecule has 33 heavy (non-hydrogen) atoms. The van der Waals surface area contributed by atoms with Crippen LogP contribution in [0.15, 0.2) is 41.3 Å². The maximum absolute atomic E-state index is 15.4. The zero-order chi connectivity index (χ0) is 24.0. The molecule has 1 aromatic heterocycles. The number of anilines is 1. The van der Waals surface area contributed by atoms with Crippen LogP contribution in [0, 0.1) is 11.7 Å². The van der Waals surface area contributed by atoms with E-state index in [4.69, 9.17) is 10.5 Å². The van der Waals surface area contributed by atoms with E-state index in [9.17, 15) is 19.5 Å². The number of halogens is 1. The number of rotatable bonds is 5. The number of aromatic nitrogens is 1. The van der Waals surface area contributed by atoms with Gasteiger partial charge < -0.3 is 25.0 Å². The Labute approximate surface area is 189 Å². The number of carbonyl (C=O) groups is 2. The summed E-state index contributed by atoms with van der Waals surface area (Å²) in [6, 6.07) is 7.35. The molecule has 0 radical (unpaired) electrons. The number of fused-ring (bicyclic) bond motifs is 1. The molecular formula is C24H24FN3O5. The van der Waals surface area contributed by atoms with Crippen LogP contribution in [-0.4, -0.2) is 47.7 Å². The summed E-state index contributed by atoms with van der Waals surface area (Å²) in [6.45, 7) is 4.32. The molecule has 0 bridgehead atoms. The summed E-state index contributed by atoms with van der Waals surface area (Å²) in [6.07, 6.45) is 1.19. The van der Waals surface area contributed by atoms with E-state index in [-0.39, 0.29) is 40.1 Å². The van der Waals surface area contributed by atoms with Crippen LogP contribution in [0.5, 0.6) is 5.75 Å². The number of ether oxygens (including phenoxy) is 1. The topological polar surface area (TPSA) is 115 Å². The smallest absolute Gasteiger partial charge is 0.341 e.